The van der Waals surface area contributed by atoms with Crippen LogP contribution in [-0.4, -0.2) is 25.7 Å². The average molecular weight is 385 g/mol. The fourth-order valence-corrected chi connectivity index (χ4v) is 4.05. The van der Waals surface area contributed by atoms with Gasteiger partial charge in [-0.15, -0.1) is 10.2 Å². The molecule has 0 bridgehead atoms. The number of hydrogen-bond acceptors (Lipinski definition) is 5. The van der Waals surface area contributed by atoms with Crippen molar-refractivity contribution in [2.75, 3.05) is 5.32 Å². The molecule has 3 aromatic carbocycles. The van der Waals surface area contributed by atoms with E-state index < -0.39 is 0 Å². The number of aromatic nitrogens is 4. The normalized spacial score (nSPS) is 11.2. The molecule has 7 heteroatoms. The Labute approximate surface area is 164 Å². The zero-order chi connectivity index (χ0) is 19.1. The molecule has 0 saturated carbocycles. The van der Waals surface area contributed by atoms with Gasteiger partial charge in [0.1, 0.15) is 5.01 Å². The molecule has 28 heavy (non-hydrogen) atoms. The van der Waals surface area contributed by atoms with Gasteiger partial charge in [-0.3, -0.25) is 4.79 Å². The van der Waals surface area contributed by atoms with Crippen molar-refractivity contribution in [2.24, 2.45) is 0 Å². The number of nitrogens with one attached hydrogen (secondary N) is 1. The molecule has 0 radical (unpaired) electrons. The van der Waals surface area contributed by atoms with Crippen LogP contribution in [0.2, 0.25) is 0 Å². The van der Waals surface area contributed by atoms with Crippen molar-refractivity contribution in [2.45, 2.75) is 6.92 Å². The van der Waals surface area contributed by atoms with Gasteiger partial charge in [0.05, 0.1) is 5.69 Å². The van der Waals surface area contributed by atoms with Crippen LogP contribution in [0.25, 0.3) is 26.3 Å². The molecule has 0 spiro atoms. The third kappa shape index (κ3) is 2.82. The summed E-state index contributed by atoms with van der Waals surface area (Å²) in [6.07, 6.45) is 0. The summed E-state index contributed by atoms with van der Waals surface area (Å²) in [5, 5.41) is 18.7. The number of amides is 1. The van der Waals surface area contributed by atoms with E-state index in [1.807, 2.05) is 73.7 Å². The number of carbonyl (C=O) groups excluding carboxylic acids is 1. The highest BCUT2D eigenvalue weighted by Gasteiger charge is 2.15. The minimum absolute atomic E-state index is 0.155. The number of hydrogen-bond donors (Lipinski definition) is 1. The predicted octanol–water partition coefficient (Wildman–Crippen LogP) is 4.57. The van der Waals surface area contributed by atoms with Gasteiger partial charge in [-0.2, -0.15) is 9.61 Å². The van der Waals surface area contributed by atoms with Crippen LogP contribution >= 0.6 is 11.3 Å². The maximum atomic E-state index is 12.9. The molecule has 6 nitrogen and oxygen atoms in total. The lowest BCUT2D eigenvalue weighted by atomic mass is 10.1. The highest BCUT2D eigenvalue weighted by atomic mass is 32.1. The second kappa shape index (κ2) is 6.54. The van der Waals surface area contributed by atoms with Crippen LogP contribution < -0.4 is 5.32 Å². The van der Waals surface area contributed by atoms with Crippen molar-refractivity contribution in [3.8, 4) is 10.6 Å². The first-order chi connectivity index (χ1) is 13.7. The molecule has 0 unspecified atom stereocenters. The van der Waals surface area contributed by atoms with Gasteiger partial charge in [0.2, 0.25) is 4.96 Å². The number of benzene rings is 3. The van der Waals surface area contributed by atoms with Gasteiger partial charge in [0, 0.05) is 11.1 Å². The summed E-state index contributed by atoms with van der Waals surface area (Å²) in [7, 11) is 0. The highest BCUT2D eigenvalue weighted by molar-refractivity contribution is 7.19. The van der Waals surface area contributed by atoms with Gasteiger partial charge in [0.25, 0.3) is 5.91 Å². The Hall–Kier alpha value is -3.58. The smallest absolute Gasteiger partial charge is 0.255 e. The minimum atomic E-state index is -0.155. The summed E-state index contributed by atoms with van der Waals surface area (Å²) < 4.78 is 1.71. The Kier molecular flexibility index (Phi) is 3.87. The zero-order valence-electron chi connectivity index (χ0n) is 15.0. The SMILES string of the molecule is Cc1nnc2sc(-c3ccccc3NC(=O)c3ccc4ccccc4c3)nn12. The van der Waals surface area contributed by atoms with Crippen LogP contribution in [0.4, 0.5) is 5.69 Å². The first-order valence-corrected chi connectivity index (χ1v) is 9.59. The average Bonchev–Trinajstić information content (AvgIpc) is 3.30. The van der Waals surface area contributed by atoms with Gasteiger partial charge < -0.3 is 5.32 Å². The number of para-hydroxylation sites is 1. The zero-order valence-corrected chi connectivity index (χ0v) is 15.8. The number of nitrogens with zero attached hydrogens (tertiary/aromatic N) is 4. The standard InChI is InChI=1S/C21H15N5OS/c1-13-23-24-21-26(13)25-20(28-21)17-8-4-5-9-18(17)22-19(27)16-11-10-14-6-2-3-7-15(14)12-16/h2-12H,1H3,(H,22,27). The number of rotatable bonds is 3. The molecule has 5 aromatic rings. The van der Waals surface area contributed by atoms with Crippen molar-refractivity contribution in [3.63, 3.8) is 0 Å². The summed E-state index contributed by atoms with van der Waals surface area (Å²) in [5.74, 6) is 0.576. The lowest BCUT2D eigenvalue weighted by Gasteiger charge is -2.10. The molecule has 1 N–H and O–H groups in total. The first kappa shape index (κ1) is 16.6. The van der Waals surface area contributed by atoms with E-state index in [1.165, 1.54) is 11.3 Å². The minimum Gasteiger partial charge on any atom is -0.321 e. The molecule has 0 aliphatic heterocycles. The Bertz CT molecular complexity index is 1340. The third-order valence-electron chi connectivity index (χ3n) is 4.56. The van der Waals surface area contributed by atoms with E-state index in [1.54, 1.807) is 4.52 Å². The van der Waals surface area contributed by atoms with Crippen molar-refractivity contribution in [1.82, 2.24) is 19.8 Å². The third-order valence-corrected chi connectivity index (χ3v) is 5.50. The molecule has 5 rings (SSSR count). The van der Waals surface area contributed by atoms with Gasteiger partial charge in [-0.05, 0) is 42.0 Å². The predicted molar refractivity (Wildman–Crippen MR) is 111 cm³/mol. The Morgan fingerprint density at radius 1 is 0.964 bits per heavy atom. The molecular formula is C21H15N5OS. The van der Waals surface area contributed by atoms with Crippen LogP contribution in [0.5, 0.6) is 0 Å². The van der Waals surface area contributed by atoms with E-state index in [-0.39, 0.29) is 5.91 Å². The maximum Gasteiger partial charge on any atom is 0.255 e. The molecule has 2 heterocycles. The van der Waals surface area contributed by atoms with Gasteiger partial charge in [-0.25, -0.2) is 0 Å². The molecule has 0 saturated heterocycles. The first-order valence-electron chi connectivity index (χ1n) is 8.77. The number of fused-ring (bicyclic) bond motifs is 2. The van der Waals surface area contributed by atoms with Crippen LogP contribution in [0, 0.1) is 6.92 Å². The van der Waals surface area contributed by atoms with Gasteiger partial charge in [-0.1, -0.05) is 53.8 Å². The van der Waals surface area contributed by atoms with E-state index in [0.29, 0.717) is 11.3 Å². The van der Waals surface area contributed by atoms with Crippen molar-refractivity contribution < 1.29 is 4.79 Å². The van der Waals surface area contributed by atoms with Crippen molar-refractivity contribution >= 4 is 38.7 Å². The topological polar surface area (TPSA) is 72.2 Å². The maximum absolute atomic E-state index is 12.9. The Morgan fingerprint density at radius 2 is 1.75 bits per heavy atom. The van der Waals surface area contributed by atoms with E-state index in [9.17, 15) is 4.79 Å². The lowest BCUT2D eigenvalue weighted by Crippen LogP contribution is -2.12. The highest BCUT2D eigenvalue weighted by Crippen LogP contribution is 2.31. The van der Waals surface area contributed by atoms with E-state index >= 15 is 0 Å². The number of anilines is 1. The molecular weight excluding hydrogens is 370 g/mol. The van der Waals surface area contributed by atoms with E-state index in [2.05, 4.69) is 20.6 Å². The second-order valence-corrected chi connectivity index (χ2v) is 7.37. The molecule has 2 aromatic heterocycles. The molecule has 0 aliphatic carbocycles. The number of aryl methyl sites for hydroxylation is 1. The molecule has 1 amide bonds. The monoisotopic (exact) mass is 385 g/mol. The van der Waals surface area contributed by atoms with Crippen LogP contribution in [0.15, 0.2) is 66.7 Å². The summed E-state index contributed by atoms with van der Waals surface area (Å²) in [6, 6.07) is 21.3. The summed E-state index contributed by atoms with van der Waals surface area (Å²) in [4.78, 5) is 13.6. The lowest BCUT2D eigenvalue weighted by molar-refractivity contribution is 0.102. The summed E-state index contributed by atoms with van der Waals surface area (Å²) in [5.41, 5.74) is 2.18. The molecule has 0 aliphatic rings. The van der Waals surface area contributed by atoms with Crippen molar-refractivity contribution in [3.05, 3.63) is 78.1 Å². The van der Waals surface area contributed by atoms with Crippen LogP contribution in [0.1, 0.15) is 16.2 Å². The van der Waals surface area contributed by atoms with Crippen LogP contribution in [0.3, 0.4) is 0 Å². The van der Waals surface area contributed by atoms with Crippen molar-refractivity contribution in [1.29, 1.82) is 0 Å². The number of carbonyl (C=O) groups is 1. The second-order valence-electron chi connectivity index (χ2n) is 6.41. The summed E-state index contributed by atoms with van der Waals surface area (Å²) >= 11 is 1.44. The fraction of sp³-hybridized carbons (Fsp3) is 0.0476. The summed E-state index contributed by atoms with van der Waals surface area (Å²) in [6.45, 7) is 1.86. The van der Waals surface area contributed by atoms with Gasteiger partial charge >= 0.3 is 0 Å². The van der Waals surface area contributed by atoms with Gasteiger partial charge in [0.15, 0.2) is 5.82 Å². The molecule has 136 valence electrons. The Balaban J connectivity index is 1.50. The van der Waals surface area contributed by atoms with E-state index in [4.69, 9.17) is 0 Å². The molecule has 0 fully saturated rings. The Morgan fingerprint density at radius 3 is 2.61 bits per heavy atom. The largest absolute Gasteiger partial charge is 0.321 e. The van der Waals surface area contributed by atoms with Crippen LogP contribution in [-0.2, 0) is 0 Å². The molecule has 0 atom stereocenters. The quantitative estimate of drug-likeness (QED) is 0.494. The fourth-order valence-electron chi connectivity index (χ4n) is 3.13. The van der Waals surface area contributed by atoms with E-state index in [0.717, 1.165) is 32.1 Å².